The largest absolute Gasteiger partial charge is 0.469 e. The molecule has 0 aromatic rings. The minimum atomic E-state index is -0.455. The maximum Gasteiger partial charge on any atom is 0.410 e. The Kier molecular flexibility index (Phi) is 6.26. The van der Waals surface area contributed by atoms with E-state index >= 15 is 0 Å². The molecule has 1 saturated heterocycles. The van der Waals surface area contributed by atoms with Crippen LogP contribution in [-0.4, -0.2) is 55.3 Å². The molecule has 0 aromatic carbocycles. The van der Waals surface area contributed by atoms with Crippen molar-refractivity contribution in [1.29, 1.82) is 0 Å². The number of rotatable bonds is 5. The van der Waals surface area contributed by atoms with Crippen LogP contribution in [0, 0.1) is 0 Å². The number of hydrogen-bond acceptors (Lipinski definition) is 5. The molecule has 116 valence electrons. The fourth-order valence-corrected chi connectivity index (χ4v) is 2.06. The van der Waals surface area contributed by atoms with Crippen molar-refractivity contribution in [2.75, 3.05) is 26.7 Å². The first-order chi connectivity index (χ1) is 9.31. The zero-order valence-corrected chi connectivity index (χ0v) is 12.9. The molecule has 0 spiro atoms. The predicted molar refractivity (Wildman–Crippen MR) is 75.5 cm³/mol. The van der Waals surface area contributed by atoms with Crippen molar-refractivity contribution in [3.05, 3.63) is 0 Å². The molecule has 1 aliphatic rings. The first-order valence-corrected chi connectivity index (χ1v) is 7.10. The summed E-state index contributed by atoms with van der Waals surface area (Å²) in [5.41, 5.74) is -0.455. The van der Waals surface area contributed by atoms with Crippen molar-refractivity contribution in [3.63, 3.8) is 0 Å². The summed E-state index contributed by atoms with van der Waals surface area (Å²) < 4.78 is 9.92. The fraction of sp³-hybridized carbons (Fsp3) is 0.857. The second kappa shape index (κ2) is 7.47. The summed E-state index contributed by atoms with van der Waals surface area (Å²) in [4.78, 5) is 24.6. The second-order valence-corrected chi connectivity index (χ2v) is 6.05. The van der Waals surface area contributed by atoms with E-state index in [4.69, 9.17) is 4.74 Å². The molecule has 0 bridgehead atoms. The van der Waals surface area contributed by atoms with Gasteiger partial charge in [0.05, 0.1) is 7.11 Å². The second-order valence-electron chi connectivity index (χ2n) is 6.05. The van der Waals surface area contributed by atoms with Gasteiger partial charge in [0, 0.05) is 25.6 Å². The van der Waals surface area contributed by atoms with Crippen molar-refractivity contribution < 1.29 is 19.1 Å². The normalized spacial score (nSPS) is 19.0. The van der Waals surface area contributed by atoms with E-state index in [-0.39, 0.29) is 18.1 Å². The van der Waals surface area contributed by atoms with Crippen molar-refractivity contribution in [1.82, 2.24) is 10.2 Å². The summed E-state index contributed by atoms with van der Waals surface area (Å²) in [7, 11) is 1.39. The van der Waals surface area contributed by atoms with Gasteiger partial charge in [-0.1, -0.05) is 0 Å². The molecule has 20 heavy (non-hydrogen) atoms. The lowest BCUT2D eigenvalue weighted by atomic mass is 10.2. The van der Waals surface area contributed by atoms with Gasteiger partial charge in [0.2, 0.25) is 0 Å². The number of likely N-dealkylation sites (tertiary alicyclic amines) is 1. The number of ether oxygens (including phenoxy) is 2. The summed E-state index contributed by atoms with van der Waals surface area (Å²) in [6, 6.07) is 0.278. The Balaban J connectivity index is 2.20. The van der Waals surface area contributed by atoms with Gasteiger partial charge < -0.3 is 19.7 Å². The van der Waals surface area contributed by atoms with Gasteiger partial charge in [0.15, 0.2) is 0 Å². The number of amides is 1. The number of nitrogens with one attached hydrogen (secondary N) is 1. The molecule has 0 aliphatic carbocycles. The van der Waals surface area contributed by atoms with Gasteiger partial charge in [-0.05, 0) is 40.2 Å². The molecule has 1 N–H and O–H groups in total. The van der Waals surface area contributed by atoms with Crippen LogP contribution in [0.4, 0.5) is 4.79 Å². The van der Waals surface area contributed by atoms with E-state index in [2.05, 4.69) is 10.1 Å². The SMILES string of the molecule is COC(=O)CCCNC1CCN(C(=O)OC(C)(C)C)C1. The molecule has 1 heterocycles. The van der Waals surface area contributed by atoms with Gasteiger partial charge in [-0.3, -0.25) is 4.79 Å². The molecule has 6 nitrogen and oxygen atoms in total. The molecule has 1 amide bonds. The molecule has 1 aliphatic heterocycles. The molecule has 1 atom stereocenters. The quantitative estimate of drug-likeness (QED) is 0.613. The number of carbonyl (C=O) groups excluding carboxylic acids is 2. The third-order valence-corrected chi connectivity index (χ3v) is 3.06. The van der Waals surface area contributed by atoms with Crippen LogP contribution in [0.2, 0.25) is 0 Å². The molecule has 0 saturated carbocycles. The van der Waals surface area contributed by atoms with Crippen LogP contribution in [0.3, 0.4) is 0 Å². The molecule has 1 fully saturated rings. The van der Waals surface area contributed by atoms with Gasteiger partial charge in [0.1, 0.15) is 5.60 Å². The first-order valence-electron chi connectivity index (χ1n) is 7.10. The lowest BCUT2D eigenvalue weighted by Gasteiger charge is -2.24. The van der Waals surface area contributed by atoms with Crippen LogP contribution in [0.5, 0.6) is 0 Å². The van der Waals surface area contributed by atoms with E-state index < -0.39 is 5.60 Å². The highest BCUT2D eigenvalue weighted by atomic mass is 16.6. The van der Waals surface area contributed by atoms with Gasteiger partial charge in [-0.25, -0.2) is 4.79 Å². The minimum Gasteiger partial charge on any atom is -0.469 e. The summed E-state index contributed by atoms with van der Waals surface area (Å²) in [5.74, 6) is -0.186. The van der Waals surface area contributed by atoms with Crippen molar-refractivity contribution in [2.24, 2.45) is 0 Å². The monoisotopic (exact) mass is 286 g/mol. The van der Waals surface area contributed by atoms with E-state index in [0.29, 0.717) is 19.5 Å². The average molecular weight is 286 g/mol. The minimum absolute atomic E-state index is 0.186. The highest BCUT2D eigenvalue weighted by Crippen LogP contribution is 2.15. The Labute approximate surface area is 120 Å². The summed E-state index contributed by atoms with van der Waals surface area (Å²) in [5, 5.41) is 3.35. The number of esters is 1. The molecular weight excluding hydrogens is 260 g/mol. The van der Waals surface area contributed by atoms with Crippen LogP contribution >= 0.6 is 0 Å². The van der Waals surface area contributed by atoms with E-state index in [1.165, 1.54) is 7.11 Å². The van der Waals surface area contributed by atoms with Crippen LogP contribution in [0.25, 0.3) is 0 Å². The van der Waals surface area contributed by atoms with E-state index in [1.54, 1.807) is 4.90 Å². The van der Waals surface area contributed by atoms with Crippen LogP contribution in [-0.2, 0) is 14.3 Å². The Morgan fingerprint density at radius 2 is 2.05 bits per heavy atom. The van der Waals surface area contributed by atoms with Crippen molar-refractivity contribution in [3.8, 4) is 0 Å². The maximum absolute atomic E-state index is 11.9. The predicted octanol–water partition coefficient (Wildman–Crippen LogP) is 1.54. The van der Waals surface area contributed by atoms with Gasteiger partial charge in [-0.15, -0.1) is 0 Å². The third kappa shape index (κ3) is 6.23. The zero-order chi connectivity index (χ0) is 15.2. The van der Waals surface area contributed by atoms with Crippen molar-refractivity contribution in [2.45, 2.75) is 51.7 Å². The zero-order valence-electron chi connectivity index (χ0n) is 12.9. The Bertz CT molecular complexity index is 339. The number of methoxy groups -OCH3 is 1. The van der Waals surface area contributed by atoms with Gasteiger partial charge in [-0.2, -0.15) is 0 Å². The van der Waals surface area contributed by atoms with Crippen LogP contribution in [0.15, 0.2) is 0 Å². The Hall–Kier alpha value is -1.30. The first kappa shape index (κ1) is 16.8. The molecule has 1 rings (SSSR count). The number of carbonyl (C=O) groups is 2. The van der Waals surface area contributed by atoms with E-state index in [9.17, 15) is 9.59 Å². The lowest BCUT2D eigenvalue weighted by Crippen LogP contribution is -2.38. The molecule has 6 heteroatoms. The lowest BCUT2D eigenvalue weighted by molar-refractivity contribution is -0.140. The molecule has 0 aromatic heterocycles. The fourth-order valence-electron chi connectivity index (χ4n) is 2.06. The molecular formula is C14H26N2O4. The number of nitrogens with zero attached hydrogens (tertiary/aromatic N) is 1. The smallest absolute Gasteiger partial charge is 0.410 e. The highest BCUT2D eigenvalue weighted by molar-refractivity contribution is 5.69. The summed E-state index contributed by atoms with van der Waals surface area (Å²) >= 11 is 0. The van der Waals surface area contributed by atoms with E-state index in [1.807, 2.05) is 20.8 Å². The standard InChI is InChI=1S/C14H26N2O4/c1-14(2,3)20-13(18)16-9-7-11(10-16)15-8-5-6-12(17)19-4/h11,15H,5-10H2,1-4H3. The topological polar surface area (TPSA) is 67.9 Å². The van der Waals surface area contributed by atoms with Gasteiger partial charge in [0.25, 0.3) is 0 Å². The third-order valence-electron chi connectivity index (χ3n) is 3.06. The Morgan fingerprint density at radius 1 is 1.35 bits per heavy atom. The highest BCUT2D eigenvalue weighted by Gasteiger charge is 2.29. The van der Waals surface area contributed by atoms with Crippen LogP contribution in [0.1, 0.15) is 40.0 Å². The van der Waals surface area contributed by atoms with Gasteiger partial charge >= 0.3 is 12.1 Å². The Morgan fingerprint density at radius 3 is 2.65 bits per heavy atom. The van der Waals surface area contributed by atoms with Crippen molar-refractivity contribution >= 4 is 12.1 Å². The summed E-state index contributed by atoms with van der Waals surface area (Å²) in [6.45, 7) is 7.72. The molecule has 1 unspecified atom stereocenters. The average Bonchev–Trinajstić information content (AvgIpc) is 2.81. The van der Waals surface area contributed by atoms with Crippen LogP contribution < -0.4 is 5.32 Å². The number of hydrogen-bond donors (Lipinski definition) is 1. The molecule has 0 radical (unpaired) electrons. The maximum atomic E-state index is 11.9. The summed E-state index contributed by atoms with van der Waals surface area (Å²) in [6.07, 6.45) is 1.83. The van der Waals surface area contributed by atoms with E-state index in [0.717, 1.165) is 19.4 Å².